The molecule has 0 amide bonds. The van der Waals surface area contributed by atoms with Gasteiger partial charge in [-0.3, -0.25) is 0 Å². The van der Waals surface area contributed by atoms with Gasteiger partial charge in [0.2, 0.25) is 5.88 Å². The first-order valence-corrected chi connectivity index (χ1v) is 6.27. The van der Waals surface area contributed by atoms with E-state index < -0.39 is 11.6 Å². The molecule has 1 aromatic carbocycles. The maximum atomic E-state index is 13.6. The predicted octanol–water partition coefficient (Wildman–Crippen LogP) is 3.74. The zero-order valence-corrected chi connectivity index (χ0v) is 11.7. The molecule has 0 aliphatic heterocycles. The van der Waals surface area contributed by atoms with Crippen LogP contribution < -0.4 is 10.1 Å². The summed E-state index contributed by atoms with van der Waals surface area (Å²) in [6.45, 7) is 0.342. The van der Waals surface area contributed by atoms with Crippen molar-refractivity contribution in [3.05, 3.63) is 52.1 Å². The second kappa shape index (κ2) is 5.97. The van der Waals surface area contributed by atoms with E-state index >= 15 is 0 Å². The number of aromatic nitrogens is 1. The van der Waals surface area contributed by atoms with Crippen molar-refractivity contribution in [1.29, 1.82) is 0 Å². The lowest BCUT2D eigenvalue weighted by atomic mass is 10.2. The van der Waals surface area contributed by atoms with E-state index in [4.69, 9.17) is 4.74 Å². The maximum Gasteiger partial charge on any atom is 0.212 e. The fraction of sp³-hybridized carbons (Fsp3) is 0.154. The van der Waals surface area contributed by atoms with Gasteiger partial charge in [0.25, 0.3) is 0 Å². The van der Waals surface area contributed by atoms with E-state index in [9.17, 15) is 8.78 Å². The van der Waals surface area contributed by atoms with E-state index in [0.29, 0.717) is 12.4 Å². The monoisotopic (exact) mass is 328 g/mol. The Bertz CT molecular complexity index is 576. The molecule has 0 atom stereocenters. The van der Waals surface area contributed by atoms with Gasteiger partial charge in [-0.25, -0.2) is 13.8 Å². The first-order chi connectivity index (χ1) is 9.10. The number of anilines is 1. The Morgan fingerprint density at radius 1 is 1.26 bits per heavy atom. The molecular weight excluding hydrogens is 318 g/mol. The minimum Gasteiger partial charge on any atom is -0.481 e. The molecule has 0 fully saturated rings. The Hall–Kier alpha value is -1.69. The third-order valence-electron chi connectivity index (χ3n) is 2.50. The molecule has 3 nitrogen and oxygen atoms in total. The van der Waals surface area contributed by atoms with Gasteiger partial charge in [-0.15, -0.1) is 0 Å². The van der Waals surface area contributed by atoms with E-state index in [2.05, 4.69) is 26.2 Å². The predicted molar refractivity (Wildman–Crippen MR) is 72.2 cm³/mol. The summed E-state index contributed by atoms with van der Waals surface area (Å²) in [7, 11) is 1.53. The van der Waals surface area contributed by atoms with Gasteiger partial charge in [0.1, 0.15) is 11.6 Å². The molecule has 0 unspecified atom stereocenters. The normalized spacial score (nSPS) is 10.3. The molecule has 1 N–H and O–H groups in total. The highest BCUT2D eigenvalue weighted by atomic mass is 79.9. The average molecular weight is 329 g/mol. The summed E-state index contributed by atoms with van der Waals surface area (Å²) in [6.07, 6.45) is 1.61. The number of benzene rings is 1. The number of pyridine rings is 1. The van der Waals surface area contributed by atoms with Crippen LogP contribution >= 0.6 is 15.9 Å². The first kappa shape index (κ1) is 13.7. The van der Waals surface area contributed by atoms with Gasteiger partial charge < -0.3 is 10.1 Å². The Balaban J connectivity index is 2.07. The lowest BCUT2D eigenvalue weighted by molar-refractivity contribution is 0.397. The van der Waals surface area contributed by atoms with E-state index in [1.165, 1.54) is 7.11 Å². The van der Waals surface area contributed by atoms with Crippen LogP contribution in [0.15, 0.2) is 34.9 Å². The molecule has 100 valence electrons. The van der Waals surface area contributed by atoms with Crippen LogP contribution in [0, 0.1) is 11.6 Å². The van der Waals surface area contributed by atoms with Gasteiger partial charge in [-0.2, -0.15) is 0 Å². The molecule has 1 aromatic heterocycles. The molecule has 0 radical (unpaired) electrons. The van der Waals surface area contributed by atoms with Crippen LogP contribution in [0.25, 0.3) is 0 Å². The number of rotatable bonds is 4. The van der Waals surface area contributed by atoms with Gasteiger partial charge in [0.15, 0.2) is 0 Å². The van der Waals surface area contributed by atoms with Crippen molar-refractivity contribution in [3.8, 4) is 5.88 Å². The van der Waals surface area contributed by atoms with Gasteiger partial charge in [-0.1, -0.05) is 6.07 Å². The fourth-order valence-electron chi connectivity index (χ4n) is 1.49. The number of ether oxygens (including phenoxy) is 1. The van der Waals surface area contributed by atoms with Crippen molar-refractivity contribution in [2.75, 3.05) is 12.4 Å². The number of hydrogen-bond donors (Lipinski definition) is 1. The molecule has 0 aliphatic rings. The van der Waals surface area contributed by atoms with Crippen molar-refractivity contribution in [2.24, 2.45) is 0 Å². The second-order valence-electron chi connectivity index (χ2n) is 3.81. The van der Waals surface area contributed by atoms with Gasteiger partial charge >= 0.3 is 0 Å². The molecule has 6 heteroatoms. The van der Waals surface area contributed by atoms with Crippen molar-refractivity contribution >= 4 is 21.6 Å². The minimum absolute atomic E-state index is 0.0988. The molecule has 1 heterocycles. The molecule has 0 saturated heterocycles. The smallest absolute Gasteiger partial charge is 0.212 e. The van der Waals surface area contributed by atoms with E-state index in [-0.39, 0.29) is 10.2 Å². The van der Waals surface area contributed by atoms with E-state index in [1.807, 2.05) is 0 Å². The summed E-state index contributed by atoms with van der Waals surface area (Å²) in [5.74, 6) is -0.531. The molecule has 2 rings (SSSR count). The van der Waals surface area contributed by atoms with Crippen molar-refractivity contribution in [2.45, 2.75) is 6.54 Å². The highest BCUT2D eigenvalue weighted by Gasteiger charge is 2.08. The van der Waals surface area contributed by atoms with Crippen LogP contribution in [0.1, 0.15) is 5.56 Å². The molecule has 0 saturated carbocycles. The SMILES string of the molecule is COc1ccc(CNc2cc(F)c(Br)cc2F)cn1. The van der Waals surface area contributed by atoms with Crippen molar-refractivity contribution in [1.82, 2.24) is 4.98 Å². The second-order valence-corrected chi connectivity index (χ2v) is 4.66. The molecule has 19 heavy (non-hydrogen) atoms. The number of methoxy groups -OCH3 is 1. The fourth-order valence-corrected chi connectivity index (χ4v) is 1.81. The van der Waals surface area contributed by atoms with Crippen LogP contribution in [0.3, 0.4) is 0 Å². The van der Waals surface area contributed by atoms with Crippen LogP contribution in [0.5, 0.6) is 5.88 Å². The Morgan fingerprint density at radius 3 is 2.68 bits per heavy atom. The van der Waals surface area contributed by atoms with Crippen LogP contribution in [0.2, 0.25) is 0 Å². The Labute approximate surface area is 117 Å². The minimum atomic E-state index is -0.519. The van der Waals surface area contributed by atoms with Gasteiger partial charge in [0.05, 0.1) is 17.3 Å². The van der Waals surface area contributed by atoms with Crippen LogP contribution in [-0.4, -0.2) is 12.1 Å². The first-order valence-electron chi connectivity index (χ1n) is 5.47. The number of nitrogens with one attached hydrogen (secondary N) is 1. The zero-order valence-electron chi connectivity index (χ0n) is 10.1. The molecule has 0 bridgehead atoms. The summed E-state index contributed by atoms with van der Waals surface area (Å²) in [6, 6.07) is 5.70. The molecule has 0 aliphatic carbocycles. The summed E-state index contributed by atoms with van der Waals surface area (Å²) in [4.78, 5) is 4.03. The highest BCUT2D eigenvalue weighted by Crippen LogP contribution is 2.23. The summed E-state index contributed by atoms with van der Waals surface area (Å²) in [5, 5.41) is 2.82. The van der Waals surface area contributed by atoms with E-state index in [0.717, 1.165) is 17.7 Å². The highest BCUT2D eigenvalue weighted by molar-refractivity contribution is 9.10. The maximum absolute atomic E-state index is 13.6. The zero-order chi connectivity index (χ0) is 13.8. The largest absolute Gasteiger partial charge is 0.481 e. The molecule has 0 spiro atoms. The average Bonchev–Trinajstić information content (AvgIpc) is 2.42. The summed E-state index contributed by atoms with van der Waals surface area (Å²) in [5.41, 5.74) is 0.944. The van der Waals surface area contributed by atoms with Crippen molar-refractivity contribution < 1.29 is 13.5 Å². The third-order valence-corrected chi connectivity index (χ3v) is 3.11. The standard InChI is InChI=1S/C13H11BrF2N2O/c1-19-13-3-2-8(7-18-13)6-17-12-5-10(15)9(14)4-11(12)16/h2-5,7,17H,6H2,1H3. The molecular formula is C13H11BrF2N2O. The Morgan fingerprint density at radius 2 is 2.05 bits per heavy atom. The lowest BCUT2D eigenvalue weighted by Crippen LogP contribution is -2.03. The number of hydrogen-bond acceptors (Lipinski definition) is 3. The summed E-state index contributed by atoms with van der Waals surface area (Å²) >= 11 is 2.93. The number of nitrogens with zero attached hydrogens (tertiary/aromatic N) is 1. The third kappa shape index (κ3) is 3.41. The Kier molecular flexibility index (Phi) is 4.31. The van der Waals surface area contributed by atoms with Gasteiger partial charge in [0, 0.05) is 24.9 Å². The topological polar surface area (TPSA) is 34.1 Å². The van der Waals surface area contributed by atoms with Crippen molar-refractivity contribution in [3.63, 3.8) is 0 Å². The van der Waals surface area contributed by atoms with E-state index in [1.54, 1.807) is 18.3 Å². The lowest BCUT2D eigenvalue weighted by Gasteiger charge is -2.09. The van der Waals surface area contributed by atoms with Gasteiger partial charge in [-0.05, 0) is 27.6 Å². The number of halogens is 3. The van der Waals surface area contributed by atoms with Crippen LogP contribution in [0.4, 0.5) is 14.5 Å². The summed E-state index contributed by atoms with van der Waals surface area (Å²) < 4.78 is 31.9. The van der Waals surface area contributed by atoms with Crippen LogP contribution in [-0.2, 0) is 6.54 Å². The molecule has 2 aromatic rings. The quantitative estimate of drug-likeness (QED) is 0.868.